The molecule has 2 rings (SSSR count). The van der Waals surface area contributed by atoms with E-state index in [1.807, 2.05) is 0 Å². The van der Waals surface area contributed by atoms with Crippen LogP contribution in [0.1, 0.15) is 32.6 Å². The Morgan fingerprint density at radius 2 is 2.06 bits per heavy atom. The van der Waals surface area contributed by atoms with E-state index < -0.39 is 11.9 Å². The summed E-state index contributed by atoms with van der Waals surface area (Å²) in [6, 6.07) is 0.0299. The van der Waals surface area contributed by atoms with E-state index in [0.717, 1.165) is 25.7 Å². The Balaban J connectivity index is 1.88. The number of β-lactam (4-membered cyclic amide) rings is 1. The molecule has 2 atom stereocenters. The average molecular weight is 251 g/mol. The Labute approximate surface area is 106 Å². The van der Waals surface area contributed by atoms with Crippen molar-refractivity contribution in [2.45, 2.75) is 38.6 Å². The Kier molecular flexibility index (Phi) is 3.50. The number of hydrogen-bond donors (Lipinski definition) is 0. The molecule has 0 aromatic rings. The van der Waals surface area contributed by atoms with Crippen LogP contribution in [0, 0.1) is 5.92 Å². The lowest BCUT2D eigenvalue weighted by Gasteiger charge is -2.48. The topological polar surface area (TPSA) is 63.7 Å². The normalized spacial score (nSPS) is 26.1. The van der Waals surface area contributed by atoms with Gasteiger partial charge in [0, 0.05) is 5.57 Å². The van der Waals surface area contributed by atoms with Crippen molar-refractivity contribution >= 4 is 17.8 Å². The van der Waals surface area contributed by atoms with Crippen molar-refractivity contribution in [1.82, 2.24) is 4.90 Å². The predicted molar refractivity (Wildman–Crippen MR) is 63.4 cm³/mol. The van der Waals surface area contributed by atoms with Crippen molar-refractivity contribution in [3.8, 4) is 0 Å². The second-order valence-corrected chi connectivity index (χ2v) is 4.92. The van der Waals surface area contributed by atoms with Crippen molar-refractivity contribution in [1.29, 1.82) is 0 Å². The molecule has 1 aliphatic carbocycles. The average Bonchev–Trinajstić information content (AvgIpc) is 2.35. The predicted octanol–water partition coefficient (Wildman–Crippen LogP) is 1.03. The molecule has 18 heavy (non-hydrogen) atoms. The molecule has 1 saturated heterocycles. The standard InChI is InChI=1S/C13H17NO4/c1-8(2)13(17)18-7-11(15)14-10-6-4-3-5-9(10)12(14)16/h9-10H,1,3-7H2,2H3. The molecular weight excluding hydrogens is 234 g/mol. The summed E-state index contributed by atoms with van der Waals surface area (Å²) >= 11 is 0. The summed E-state index contributed by atoms with van der Waals surface area (Å²) < 4.78 is 4.77. The van der Waals surface area contributed by atoms with Crippen LogP contribution in [0.3, 0.4) is 0 Å². The fourth-order valence-corrected chi connectivity index (χ4v) is 2.60. The van der Waals surface area contributed by atoms with E-state index in [2.05, 4.69) is 6.58 Å². The number of ether oxygens (including phenoxy) is 1. The largest absolute Gasteiger partial charge is 0.452 e. The number of rotatable bonds is 3. The van der Waals surface area contributed by atoms with Gasteiger partial charge in [-0.1, -0.05) is 19.4 Å². The van der Waals surface area contributed by atoms with E-state index in [0.29, 0.717) is 0 Å². The summed E-state index contributed by atoms with van der Waals surface area (Å²) in [5.41, 5.74) is 0.244. The van der Waals surface area contributed by atoms with Gasteiger partial charge in [-0.15, -0.1) is 0 Å². The second-order valence-electron chi connectivity index (χ2n) is 4.92. The lowest BCUT2D eigenvalue weighted by Crippen LogP contribution is -2.64. The number of hydrogen-bond acceptors (Lipinski definition) is 4. The number of fused-ring (bicyclic) bond motifs is 1. The zero-order valence-electron chi connectivity index (χ0n) is 10.5. The molecule has 0 aromatic heterocycles. The molecule has 0 radical (unpaired) electrons. The van der Waals surface area contributed by atoms with Crippen LogP contribution in [0.25, 0.3) is 0 Å². The highest BCUT2D eigenvalue weighted by Crippen LogP contribution is 2.38. The van der Waals surface area contributed by atoms with E-state index in [-0.39, 0.29) is 30.0 Å². The van der Waals surface area contributed by atoms with Gasteiger partial charge in [0.2, 0.25) is 5.91 Å². The Bertz CT molecular complexity index is 415. The molecule has 2 aliphatic rings. The minimum atomic E-state index is -0.600. The summed E-state index contributed by atoms with van der Waals surface area (Å²) in [5, 5.41) is 0. The number of carbonyl (C=O) groups excluding carboxylic acids is 3. The van der Waals surface area contributed by atoms with Crippen LogP contribution in [-0.2, 0) is 19.1 Å². The SMILES string of the molecule is C=C(C)C(=O)OCC(=O)N1C(=O)C2CCCCC21. The maximum atomic E-state index is 11.8. The minimum absolute atomic E-state index is 0.0135. The Morgan fingerprint density at radius 1 is 1.39 bits per heavy atom. The highest BCUT2D eigenvalue weighted by molar-refractivity contribution is 6.03. The molecule has 0 N–H and O–H groups in total. The van der Waals surface area contributed by atoms with E-state index >= 15 is 0 Å². The molecule has 0 bridgehead atoms. The quantitative estimate of drug-likeness (QED) is 0.427. The third kappa shape index (κ3) is 2.17. The van der Waals surface area contributed by atoms with Crippen molar-refractivity contribution in [3.63, 3.8) is 0 Å². The molecule has 1 saturated carbocycles. The first-order valence-corrected chi connectivity index (χ1v) is 6.21. The van der Waals surface area contributed by atoms with E-state index in [1.165, 1.54) is 11.8 Å². The Morgan fingerprint density at radius 3 is 2.72 bits per heavy atom. The van der Waals surface area contributed by atoms with E-state index in [4.69, 9.17) is 4.74 Å². The van der Waals surface area contributed by atoms with Crippen LogP contribution in [0.4, 0.5) is 0 Å². The molecule has 2 fully saturated rings. The van der Waals surface area contributed by atoms with Crippen molar-refractivity contribution in [2.24, 2.45) is 5.92 Å². The molecule has 1 heterocycles. The summed E-state index contributed by atoms with van der Waals surface area (Å²) in [5.74, 6) is -1.12. The van der Waals surface area contributed by atoms with Crippen molar-refractivity contribution in [2.75, 3.05) is 6.61 Å². The number of likely N-dealkylation sites (tertiary alicyclic amines) is 1. The first-order valence-electron chi connectivity index (χ1n) is 6.21. The zero-order chi connectivity index (χ0) is 13.3. The Hall–Kier alpha value is -1.65. The maximum Gasteiger partial charge on any atom is 0.333 e. The van der Waals surface area contributed by atoms with Gasteiger partial charge in [0.05, 0.1) is 12.0 Å². The van der Waals surface area contributed by atoms with Crippen LogP contribution >= 0.6 is 0 Å². The minimum Gasteiger partial charge on any atom is -0.452 e. The molecule has 0 aromatic carbocycles. The first-order chi connectivity index (χ1) is 8.52. The summed E-state index contributed by atoms with van der Waals surface area (Å²) in [6.45, 7) is 4.56. The molecule has 2 amide bonds. The van der Waals surface area contributed by atoms with Gasteiger partial charge < -0.3 is 4.74 Å². The maximum absolute atomic E-state index is 11.8. The molecule has 1 aliphatic heterocycles. The molecule has 5 nitrogen and oxygen atoms in total. The lowest BCUT2D eigenvalue weighted by atomic mass is 9.76. The van der Waals surface area contributed by atoms with Gasteiger partial charge in [-0.2, -0.15) is 0 Å². The van der Waals surface area contributed by atoms with E-state index in [1.54, 1.807) is 0 Å². The number of esters is 1. The number of imide groups is 1. The molecule has 98 valence electrons. The van der Waals surface area contributed by atoms with Gasteiger partial charge in [0.25, 0.3) is 5.91 Å². The number of nitrogens with zero attached hydrogens (tertiary/aromatic N) is 1. The number of amides is 2. The van der Waals surface area contributed by atoms with Gasteiger partial charge in [-0.05, 0) is 19.8 Å². The van der Waals surface area contributed by atoms with Crippen LogP contribution in [-0.4, -0.2) is 35.3 Å². The lowest BCUT2D eigenvalue weighted by molar-refractivity contribution is -0.173. The molecular formula is C13H17NO4. The van der Waals surface area contributed by atoms with Gasteiger partial charge in [0.1, 0.15) is 0 Å². The van der Waals surface area contributed by atoms with E-state index in [9.17, 15) is 14.4 Å². The second kappa shape index (κ2) is 4.92. The highest BCUT2D eigenvalue weighted by atomic mass is 16.5. The van der Waals surface area contributed by atoms with Crippen LogP contribution in [0.2, 0.25) is 0 Å². The van der Waals surface area contributed by atoms with Gasteiger partial charge in [0.15, 0.2) is 6.61 Å². The smallest absolute Gasteiger partial charge is 0.333 e. The van der Waals surface area contributed by atoms with Crippen LogP contribution < -0.4 is 0 Å². The van der Waals surface area contributed by atoms with Crippen molar-refractivity contribution in [3.05, 3.63) is 12.2 Å². The monoisotopic (exact) mass is 251 g/mol. The zero-order valence-corrected chi connectivity index (χ0v) is 10.5. The molecule has 0 spiro atoms. The van der Waals surface area contributed by atoms with Crippen LogP contribution in [0.5, 0.6) is 0 Å². The summed E-state index contributed by atoms with van der Waals surface area (Å²) in [4.78, 5) is 36.0. The molecule has 2 unspecified atom stereocenters. The van der Waals surface area contributed by atoms with Gasteiger partial charge in [-0.3, -0.25) is 14.5 Å². The molecule has 5 heteroatoms. The highest BCUT2D eigenvalue weighted by Gasteiger charge is 2.50. The van der Waals surface area contributed by atoms with Gasteiger partial charge in [-0.25, -0.2) is 4.79 Å². The van der Waals surface area contributed by atoms with Crippen LogP contribution in [0.15, 0.2) is 12.2 Å². The summed E-state index contributed by atoms with van der Waals surface area (Å²) in [6.07, 6.45) is 3.85. The fourth-order valence-electron chi connectivity index (χ4n) is 2.60. The number of carbonyl (C=O) groups is 3. The summed E-state index contributed by atoms with van der Waals surface area (Å²) in [7, 11) is 0. The van der Waals surface area contributed by atoms with Gasteiger partial charge >= 0.3 is 5.97 Å². The first kappa shape index (κ1) is 12.8. The van der Waals surface area contributed by atoms with Crippen molar-refractivity contribution < 1.29 is 19.1 Å². The fraction of sp³-hybridized carbons (Fsp3) is 0.615. The third-order valence-corrected chi connectivity index (χ3v) is 3.56. The third-order valence-electron chi connectivity index (χ3n) is 3.56.